The summed E-state index contributed by atoms with van der Waals surface area (Å²) in [6.45, 7) is 1.44. The molecule has 59 heavy (non-hydrogen) atoms. The van der Waals surface area contributed by atoms with Crippen molar-refractivity contribution in [1.29, 1.82) is 0 Å². The van der Waals surface area contributed by atoms with Gasteiger partial charge in [-0.15, -0.1) is 0 Å². The van der Waals surface area contributed by atoms with E-state index >= 15 is 0 Å². The number of amides is 2. The van der Waals surface area contributed by atoms with Gasteiger partial charge in [0.15, 0.2) is 27.2 Å². The van der Waals surface area contributed by atoms with Crippen molar-refractivity contribution in [2.24, 2.45) is 5.92 Å². The Morgan fingerprint density at radius 3 is 2.05 bits per heavy atom. The molecule has 318 valence electrons. The fourth-order valence-electron chi connectivity index (χ4n) is 5.91. The molecule has 23 heteroatoms. The molecule has 1 saturated carbocycles. The van der Waals surface area contributed by atoms with Crippen molar-refractivity contribution in [3.63, 3.8) is 0 Å². The van der Waals surface area contributed by atoms with Gasteiger partial charge in [-0.25, -0.2) is 18.1 Å². The molecule has 0 unspecified atom stereocenters. The lowest BCUT2D eigenvalue weighted by Crippen LogP contribution is -2.35. The quantitative estimate of drug-likeness (QED) is 0.0340. The number of esters is 1. The van der Waals surface area contributed by atoms with E-state index < -0.39 is 81.6 Å². The molecule has 1 aliphatic heterocycles. The zero-order valence-electron chi connectivity index (χ0n) is 31.3. The van der Waals surface area contributed by atoms with Gasteiger partial charge in [0.2, 0.25) is 0 Å². The average Bonchev–Trinajstić information content (AvgIpc) is 3.40. The molecule has 0 aromatic heterocycles. The van der Waals surface area contributed by atoms with E-state index in [1.807, 2.05) is 0 Å². The van der Waals surface area contributed by atoms with E-state index in [2.05, 4.69) is 5.32 Å². The molecule has 0 radical (unpaired) electrons. The summed E-state index contributed by atoms with van der Waals surface area (Å²) >= 11 is 12.1. The van der Waals surface area contributed by atoms with Crippen LogP contribution < -0.4 is 10.2 Å². The molecule has 5 rings (SSSR count). The molecule has 0 saturated heterocycles. The lowest BCUT2D eigenvalue weighted by atomic mass is 9.81. The smallest absolute Gasteiger partial charge is 0.349 e. The van der Waals surface area contributed by atoms with E-state index in [0.717, 1.165) is 37.3 Å². The number of imide groups is 1. The topological polar surface area (TPSA) is 299 Å². The first-order valence-corrected chi connectivity index (χ1v) is 21.9. The third-order valence-electron chi connectivity index (χ3n) is 8.59. The van der Waals surface area contributed by atoms with Crippen LogP contribution in [0.4, 0.5) is 11.4 Å². The predicted octanol–water partition coefficient (Wildman–Crippen LogP) is 4.14. The zero-order chi connectivity index (χ0) is 44.4. The molecule has 4 N–H and O–H groups in total. The second-order valence-corrected chi connectivity index (χ2v) is 17.4. The highest BCUT2D eigenvalue weighted by Crippen LogP contribution is 2.37. The van der Waals surface area contributed by atoms with Crippen LogP contribution in [-0.4, -0.2) is 95.0 Å². The lowest BCUT2D eigenvalue weighted by molar-refractivity contribution is -0.385. The number of ketones is 3. The summed E-state index contributed by atoms with van der Waals surface area (Å²) in [5.74, 6) is -5.98. The Labute approximate surface area is 346 Å². The van der Waals surface area contributed by atoms with Crippen LogP contribution in [-0.2, 0) is 47.9 Å². The third kappa shape index (κ3) is 13.3. The van der Waals surface area contributed by atoms with Crippen LogP contribution in [0.5, 0.6) is 0 Å². The van der Waals surface area contributed by atoms with E-state index in [4.69, 9.17) is 42.8 Å². The maximum Gasteiger partial charge on any atom is 0.349 e. The predicted molar refractivity (Wildman–Crippen MR) is 210 cm³/mol. The van der Waals surface area contributed by atoms with E-state index in [9.17, 15) is 56.7 Å². The molecule has 1 fully saturated rings. The number of anilines is 1. The second-order valence-electron chi connectivity index (χ2n) is 13.0. The van der Waals surface area contributed by atoms with Crippen LogP contribution in [0.25, 0.3) is 6.08 Å². The Balaban J connectivity index is 0.000000259. The van der Waals surface area contributed by atoms with E-state index in [1.165, 1.54) is 11.0 Å². The fourth-order valence-corrected chi connectivity index (χ4v) is 7.30. The minimum absolute atomic E-state index is 0.0668. The van der Waals surface area contributed by atoms with Crippen molar-refractivity contribution in [2.75, 3.05) is 30.6 Å². The monoisotopic (exact) mass is 901 g/mol. The molecule has 0 atom stereocenters. The number of aliphatic carboxylic acids is 1. The lowest BCUT2D eigenvalue weighted by Gasteiger charge is -2.18. The second kappa shape index (κ2) is 20.8. The van der Waals surface area contributed by atoms with Crippen LogP contribution in [0.3, 0.4) is 0 Å². The number of nitro benzene ring substituents is 1. The maximum atomic E-state index is 12.7. The number of carboxylic acids is 1. The number of rotatable bonds is 12. The Hall–Kier alpha value is -4.95. The minimum Gasteiger partial charge on any atom is -0.480 e. The number of ether oxygens (including phenoxy) is 1. The molecule has 1 heterocycles. The maximum absolute atomic E-state index is 12.7. The van der Waals surface area contributed by atoms with Crippen molar-refractivity contribution in [3.8, 4) is 0 Å². The van der Waals surface area contributed by atoms with Gasteiger partial charge in [-0.1, -0.05) is 23.2 Å². The first kappa shape index (κ1) is 48.4. The number of carbonyl (C=O) groups excluding carboxylic acids is 6. The van der Waals surface area contributed by atoms with Crippen molar-refractivity contribution in [3.05, 3.63) is 78.8 Å². The number of nitrogens with zero attached hydrogens (tertiary/aromatic N) is 2. The molecule has 0 spiro atoms. The number of carbonyl (C=O) groups is 7. The normalized spacial score (nSPS) is 16.1. The Kier molecular flexibility index (Phi) is 17.1. The van der Waals surface area contributed by atoms with Gasteiger partial charge in [-0.2, -0.15) is 0 Å². The molecule has 2 aromatic rings. The molecule has 3 aliphatic rings. The first-order valence-electron chi connectivity index (χ1n) is 17.5. The zero-order valence-corrected chi connectivity index (χ0v) is 34.6. The summed E-state index contributed by atoms with van der Waals surface area (Å²) < 4.78 is 37.8. The molecular formula is C36H38Cl2N3O16PS. The SMILES string of the molecule is CCOC(=O)/C(Cl)=C/c1cc(N2C(=O)C3=C(CCCC3)C2=O)ccc1Cl.CS(=O)(=O)c1ccc(C(=O)C2C(=O)CCCC2=O)c([N+](=O)[O-])c1.O=C(O)CNCP(=O)(O)O. The molecule has 2 aromatic carbocycles. The number of benzene rings is 2. The number of Topliss-reactive ketones (excluding diaryl/α,β-unsaturated/α-hetero) is 3. The van der Waals surface area contributed by atoms with Gasteiger partial charge in [0.25, 0.3) is 17.5 Å². The van der Waals surface area contributed by atoms with Crippen LogP contribution in [0.15, 0.2) is 57.5 Å². The number of nitro groups is 1. The van der Waals surface area contributed by atoms with E-state index in [0.29, 0.717) is 46.7 Å². The van der Waals surface area contributed by atoms with Crippen molar-refractivity contribution >= 4 is 99.2 Å². The highest BCUT2D eigenvalue weighted by atomic mass is 35.5. The summed E-state index contributed by atoms with van der Waals surface area (Å²) in [6.07, 6.45) is 5.22. The number of nitrogens with one attached hydrogen (secondary N) is 1. The van der Waals surface area contributed by atoms with Gasteiger partial charge in [0.05, 0.1) is 40.5 Å². The third-order valence-corrected chi connectivity index (χ3v) is 10.9. The highest BCUT2D eigenvalue weighted by molar-refractivity contribution is 7.90. The molecule has 2 amide bonds. The summed E-state index contributed by atoms with van der Waals surface area (Å²) in [7, 11) is -7.79. The van der Waals surface area contributed by atoms with Gasteiger partial charge < -0.3 is 19.6 Å². The minimum atomic E-state index is -4.10. The highest BCUT2D eigenvalue weighted by Gasteiger charge is 2.41. The molecule has 0 bridgehead atoms. The van der Waals surface area contributed by atoms with Gasteiger partial charge >= 0.3 is 19.5 Å². The van der Waals surface area contributed by atoms with Crippen molar-refractivity contribution < 1.29 is 71.1 Å². The Bertz CT molecular complexity index is 2260. The number of carboxylic acid groups (broad SMARTS) is 1. The van der Waals surface area contributed by atoms with Crippen LogP contribution in [0.2, 0.25) is 5.02 Å². The number of hydrogen-bond acceptors (Lipinski definition) is 14. The van der Waals surface area contributed by atoms with Crippen LogP contribution in [0.1, 0.15) is 67.8 Å². The van der Waals surface area contributed by atoms with E-state index in [-0.39, 0.29) is 41.2 Å². The first-order chi connectivity index (χ1) is 27.5. The Morgan fingerprint density at radius 1 is 0.983 bits per heavy atom. The van der Waals surface area contributed by atoms with Gasteiger partial charge in [0.1, 0.15) is 11.0 Å². The van der Waals surface area contributed by atoms with Gasteiger partial charge in [-0.05, 0) is 81.0 Å². The van der Waals surface area contributed by atoms with Crippen LogP contribution >= 0.6 is 30.8 Å². The summed E-state index contributed by atoms with van der Waals surface area (Å²) in [4.78, 5) is 110. The van der Waals surface area contributed by atoms with E-state index in [1.54, 1.807) is 25.1 Å². The standard InChI is InChI=1S/C19H17Cl2NO4.C14H13NO7S.C3H8NO5P/c1-2-26-19(25)16(21)10-11-9-12(7-8-15(11)20)22-17(23)13-5-3-4-6-14(13)18(22)24;1-23(21,22)8-5-6-9(10(7-8)15(19)20)14(18)13-11(16)3-2-4-12(13)17;5-3(6)1-4-2-10(7,8)9/h7-10H,2-6H2,1H3;5-7,13H,2-4H2,1H3;4H,1-2H2,(H,5,6)(H2,7,8,9)/b16-10-;;. The van der Waals surface area contributed by atoms with Crippen molar-refractivity contribution in [2.45, 2.75) is 56.8 Å². The van der Waals surface area contributed by atoms with Gasteiger partial charge in [0, 0.05) is 41.3 Å². The number of hydrogen-bond donors (Lipinski definition) is 4. The largest absolute Gasteiger partial charge is 0.480 e. The Morgan fingerprint density at radius 2 is 1.56 bits per heavy atom. The van der Waals surface area contributed by atoms with Gasteiger partial charge in [-0.3, -0.25) is 48.8 Å². The molecular weight excluding hydrogens is 864 g/mol. The average molecular weight is 903 g/mol. The number of sulfone groups is 1. The summed E-state index contributed by atoms with van der Waals surface area (Å²) in [5, 5.41) is 21.4. The molecule has 19 nitrogen and oxygen atoms in total. The molecule has 2 aliphatic carbocycles. The van der Waals surface area contributed by atoms with Crippen LogP contribution in [0, 0.1) is 16.0 Å². The fraction of sp³-hybridized carbons (Fsp3) is 0.361. The van der Waals surface area contributed by atoms with Crippen molar-refractivity contribution in [1.82, 2.24) is 5.32 Å². The number of halogens is 2. The summed E-state index contributed by atoms with van der Waals surface area (Å²) in [5.41, 5.74) is 0.877. The summed E-state index contributed by atoms with van der Waals surface area (Å²) in [6, 6.07) is 7.53.